The molecule has 2 aromatic rings. The summed E-state index contributed by atoms with van der Waals surface area (Å²) in [6, 6.07) is 9.84. The minimum atomic E-state index is -3.67. The minimum absolute atomic E-state index is 0.180. The highest BCUT2D eigenvalue weighted by Gasteiger charge is 2.28. The number of benzene rings is 1. The molecule has 10 heteroatoms. The number of hydrogen-bond donors (Lipinski definition) is 4. The molecular formula is C18H22ClN5O3S. The number of nitrogens with one attached hydrogen (secondary N) is 2. The molecular weight excluding hydrogens is 402 g/mol. The quantitative estimate of drug-likeness (QED) is 0.253. The average molecular weight is 424 g/mol. The Morgan fingerprint density at radius 2 is 2.00 bits per heavy atom. The second kappa shape index (κ2) is 9.13. The molecule has 5 N–H and O–H groups in total. The Balaban J connectivity index is 0.000000500. The maximum absolute atomic E-state index is 9.19. The van der Waals surface area contributed by atoms with Gasteiger partial charge in [-0.3, -0.25) is 14.9 Å². The van der Waals surface area contributed by atoms with Crippen molar-refractivity contribution in [1.82, 2.24) is 10.4 Å². The first-order valence-electron chi connectivity index (χ1n) is 8.34. The van der Waals surface area contributed by atoms with Gasteiger partial charge in [0.2, 0.25) is 5.96 Å². The highest BCUT2D eigenvalue weighted by Crippen LogP contribution is 2.36. The molecule has 0 saturated heterocycles. The van der Waals surface area contributed by atoms with E-state index in [4.69, 9.17) is 27.3 Å². The lowest BCUT2D eigenvalue weighted by Gasteiger charge is -2.27. The van der Waals surface area contributed by atoms with Crippen LogP contribution in [0.4, 0.5) is 0 Å². The van der Waals surface area contributed by atoms with E-state index in [0.717, 1.165) is 46.0 Å². The van der Waals surface area contributed by atoms with E-state index in [0.29, 0.717) is 6.26 Å². The molecule has 1 aromatic heterocycles. The van der Waals surface area contributed by atoms with Crippen LogP contribution >= 0.6 is 11.6 Å². The lowest BCUT2D eigenvalue weighted by molar-refractivity contribution is 0.490. The highest BCUT2D eigenvalue weighted by molar-refractivity contribution is 7.85. The topological polar surface area (TPSA) is 142 Å². The first-order valence-corrected chi connectivity index (χ1v) is 10.6. The maximum atomic E-state index is 9.19. The number of pyridine rings is 1. The van der Waals surface area contributed by atoms with E-state index in [-0.39, 0.29) is 11.9 Å². The van der Waals surface area contributed by atoms with Gasteiger partial charge >= 0.3 is 0 Å². The lowest BCUT2D eigenvalue weighted by atomic mass is 9.80. The zero-order valence-electron chi connectivity index (χ0n) is 15.5. The summed E-state index contributed by atoms with van der Waals surface area (Å²) in [5.41, 5.74) is 13.1. The maximum Gasteiger partial charge on any atom is 0.261 e. The van der Waals surface area contributed by atoms with Crippen LogP contribution in [0.1, 0.15) is 34.7 Å². The standard InChI is InChI=1S/C17H18ClN5.CH4O3S/c1-10-6-7-21-14-8-11(12-4-2-3-5-13(12)18)9-15(16(10)14)22-23-17(19)20;1-5(2,3)4/h2-7,11H,8-9H2,1H3,(H4,19,20,23);1H3,(H,2,3,4). The Morgan fingerprint density at radius 3 is 2.61 bits per heavy atom. The number of hydrazone groups is 1. The number of rotatable bonds is 2. The van der Waals surface area contributed by atoms with E-state index in [1.165, 1.54) is 0 Å². The van der Waals surface area contributed by atoms with Gasteiger partial charge in [-0.2, -0.15) is 13.5 Å². The molecule has 1 heterocycles. The van der Waals surface area contributed by atoms with Gasteiger partial charge in [0.05, 0.1) is 17.7 Å². The number of guanidine groups is 1. The van der Waals surface area contributed by atoms with Gasteiger partial charge in [-0.1, -0.05) is 29.8 Å². The van der Waals surface area contributed by atoms with Crippen LogP contribution in [-0.2, 0) is 16.5 Å². The van der Waals surface area contributed by atoms with Crippen molar-refractivity contribution in [2.75, 3.05) is 6.26 Å². The summed E-state index contributed by atoms with van der Waals surface area (Å²) in [5, 5.41) is 12.4. The summed E-state index contributed by atoms with van der Waals surface area (Å²) in [6.07, 6.45) is 4.08. The molecule has 150 valence electrons. The molecule has 0 aliphatic heterocycles. The molecule has 1 atom stereocenters. The molecule has 8 nitrogen and oxygen atoms in total. The third kappa shape index (κ3) is 6.29. The van der Waals surface area contributed by atoms with Gasteiger partial charge in [-0.15, -0.1) is 0 Å². The molecule has 0 saturated carbocycles. The highest BCUT2D eigenvalue weighted by atomic mass is 35.5. The Bertz CT molecular complexity index is 1000. The Kier molecular flexibility index (Phi) is 7.11. The molecule has 1 aromatic carbocycles. The van der Waals surface area contributed by atoms with E-state index >= 15 is 0 Å². The van der Waals surface area contributed by atoms with E-state index < -0.39 is 10.1 Å². The van der Waals surface area contributed by atoms with E-state index in [1.54, 1.807) is 0 Å². The van der Waals surface area contributed by atoms with Crippen molar-refractivity contribution >= 4 is 33.4 Å². The molecule has 28 heavy (non-hydrogen) atoms. The van der Waals surface area contributed by atoms with Gasteiger partial charge in [0.1, 0.15) is 0 Å². The number of nitrogens with zero attached hydrogens (tertiary/aromatic N) is 2. The van der Waals surface area contributed by atoms with Crippen molar-refractivity contribution in [2.45, 2.75) is 25.7 Å². The van der Waals surface area contributed by atoms with Crippen LogP contribution in [0.25, 0.3) is 0 Å². The normalized spacial score (nSPS) is 17.3. The largest absolute Gasteiger partial charge is 0.369 e. The van der Waals surface area contributed by atoms with Gasteiger partial charge in [-0.05, 0) is 48.9 Å². The molecule has 0 radical (unpaired) electrons. The van der Waals surface area contributed by atoms with Gasteiger partial charge < -0.3 is 5.73 Å². The van der Waals surface area contributed by atoms with Crippen LogP contribution in [0.3, 0.4) is 0 Å². The Labute approximate surface area is 169 Å². The third-order valence-electron chi connectivity index (χ3n) is 4.06. The second-order valence-electron chi connectivity index (χ2n) is 6.39. The number of aromatic nitrogens is 1. The van der Waals surface area contributed by atoms with Crippen LogP contribution in [0, 0.1) is 12.3 Å². The van der Waals surface area contributed by atoms with Crippen LogP contribution in [-0.4, -0.2) is 35.9 Å². The molecule has 0 amide bonds. The van der Waals surface area contributed by atoms with Crippen molar-refractivity contribution in [3.8, 4) is 0 Å². The molecule has 3 rings (SSSR count). The number of nitrogens with two attached hydrogens (primary N) is 1. The monoisotopic (exact) mass is 423 g/mol. The fourth-order valence-corrected chi connectivity index (χ4v) is 3.35. The van der Waals surface area contributed by atoms with Crippen molar-refractivity contribution in [3.63, 3.8) is 0 Å². The number of aryl methyl sites for hydroxylation is 1. The average Bonchev–Trinajstić information content (AvgIpc) is 2.58. The molecule has 0 fully saturated rings. The summed E-state index contributed by atoms with van der Waals surface area (Å²) in [4.78, 5) is 4.53. The summed E-state index contributed by atoms with van der Waals surface area (Å²) in [5.74, 6) is 0.0264. The van der Waals surface area contributed by atoms with Gasteiger partial charge in [0.15, 0.2) is 0 Å². The van der Waals surface area contributed by atoms with E-state index in [9.17, 15) is 8.42 Å². The first kappa shape index (κ1) is 21.8. The van der Waals surface area contributed by atoms with Crippen molar-refractivity contribution in [2.24, 2.45) is 10.8 Å². The van der Waals surface area contributed by atoms with E-state index in [1.807, 2.05) is 43.5 Å². The Hall–Kier alpha value is -2.49. The molecule has 1 unspecified atom stereocenters. The second-order valence-corrected chi connectivity index (χ2v) is 8.27. The Morgan fingerprint density at radius 1 is 1.36 bits per heavy atom. The van der Waals surface area contributed by atoms with Crippen molar-refractivity contribution in [1.29, 1.82) is 5.41 Å². The van der Waals surface area contributed by atoms with Crippen LogP contribution in [0.2, 0.25) is 5.02 Å². The summed E-state index contributed by atoms with van der Waals surface area (Å²) < 4.78 is 25.9. The van der Waals surface area contributed by atoms with Crippen molar-refractivity contribution in [3.05, 3.63) is 63.9 Å². The fraction of sp³-hybridized carbons (Fsp3) is 0.278. The fourth-order valence-electron chi connectivity index (χ4n) is 3.06. The molecule has 1 aliphatic carbocycles. The summed E-state index contributed by atoms with van der Waals surface area (Å²) >= 11 is 6.36. The third-order valence-corrected chi connectivity index (χ3v) is 4.41. The molecule has 1 aliphatic rings. The van der Waals surface area contributed by atoms with Crippen LogP contribution < -0.4 is 11.2 Å². The summed E-state index contributed by atoms with van der Waals surface area (Å²) in [6.45, 7) is 2.04. The van der Waals surface area contributed by atoms with Gasteiger partial charge in [-0.25, -0.2) is 5.43 Å². The van der Waals surface area contributed by atoms with Crippen molar-refractivity contribution < 1.29 is 13.0 Å². The number of fused-ring (bicyclic) bond motifs is 1. The summed E-state index contributed by atoms with van der Waals surface area (Å²) in [7, 11) is -3.67. The molecule has 0 bridgehead atoms. The van der Waals surface area contributed by atoms with Crippen LogP contribution in [0.15, 0.2) is 41.6 Å². The number of halogens is 1. The predicted octanol–water partition coefficient (Wildman–Crippen LogP) is 2.46. The van der Waals surface area contributed by atoms with E-state index in [2.05, 4.69) is 15.5 Å². The molecule has 0 spiro atoms. The lowest BCUT2D eigenvalue weighted by Crippen LogP contribution is -2.29. The van der Waals surface area contributed by atoms with Gasteiger partial charge in [0.25, 0.3) is 10.1 Å². The van der Waals surface area contributed by atoms with Gasteiger partial charge in [0, 0.05) is 16.8 Å². The smallest absolute Gasteiger partial charge is 0.261 e. The SMILES string of the molecule is CS(=O)(=O)O.Cc1ccnc2c1C(=NNC(=N)N)CC(c1ccccc1Cl)C2. The first-order chi connectivity index (χ1) is 13.1. The van der Waals surface area contributed by atoms with Crippen LogP contribution in [0.5, 0.6) is 0 Å². The zero-order chi connectivity index (χ0) is 20.9. The zero-order valence-corrected chi connectivity index (χ0v) is 17.0. The minimum Gasteiger partial charge on any atom is -0.369 e. The predicted molar refractivity (Wildman–Crippen MR) is 111 cm³/mol. The number of hydrogen-bond acceptors (Lipinski definition) is 5.